The van der Waals surface area contributed by atoms with E-state index in [-0.39, 0.29) is 18.0 Å². The van der Waals surface area contributed by atoms with Crippen LogP contribution in [0.2, 0.25) is 0 Å². The van der Waals surface area contributed by atoms with E-state index >= 15 is 0 Å². The van der Waals surface area contributed by atoms with Crippen molar-refractivity contribution in [1.82, 2.24) is 4.90 Å². The van der Waals surface area contributed by atoms with Gasteiger partial charge in [-0.3, -0.25) is 14.5 Å². The number of methoxy groups -OCH3 is 1. The molecule has 0 N–H and O–H groups in total. The Morgan fingerprint density at radius 3 is 2.27 bits per heavy atom. The second-order valence-corrected chi connectivity index (χ2v) is 6.48. The third-order valence-electron chi connectivity index (χ3n) is 3.61. The SMILES string of the molecule is COC(=O)C1CC(C(=O)OC(C)(C)C)N1Cc1ccccc1. The Labute approximate surface area is 131 Å². The molecule has 0 saturated carbocycles. The topological polar surface area (TPSA) is 55.8 Å². The molecule has 0 spiro atoms. The van der Waals surface area contributed by atoms with Crippen molar-refractivity contribution in [2.24, 2.45) is 0 Å². The summed E-state index contributed by atoms with van der Waals surface area (Å²) in [7, 11) is 1.36. The maximum Gasteiger partial charge on any atom is 0.323 e. The van der Waals surface area contributed by atoms with Crippen LogP contribution >= 0.6 is 0 Å². The Balaban J connectivity index is 2.10. The fourth-order valence-corrected chi connectivity index (χ4v) is 2.55. The van der Waals surface area contributed by atoms with Gasteiger partial charge in [0.15, 0.2) is 0 Å². The molecule has 120 valence electrons. The lowest BCUT2D eigenvalue weighted by Gasteiger charge is -2.45. The lowest BCUT2D eigenvalue weighted by atomic mass is 9.91. The summed E-state index contributed by atoms with van der Waals surface area (Å²) in [4.78, 5) is 26.0. The van der Waals surface area contributed by atoms with Gasteiger partial charge in [-0.25, -0.2) is 0 Å². The Morgan fingerprint density at radius 1 is 1.14 bits per heavy atom. The smallest absolute Gasteiger partial charge is 0.323 e. The summed E-state index contributed by atoms with van der Waals surface area (Å²) < 4.78 is 10.3. The van der Waals surface area contributed by atoms with Crippen molar-refractivity contribution in [2.75, 3.05) is 7.11 Å². The first-order chi connectivity index (χ1) is 10.3. The zero-order valence-electron chi connectivity index (χ0n) is 13.5. The summed E-state index contributed by atoms with van der Waals surface area (Å²) in [6, 6.07) is 8.96. The molecule has 1 aliphatic heterocycles. The third kappa shape index (κ3) is 3.85. The monoisotopic (exact) mass is 305 g/mol. The summed E-state index contributed by atoms with van der Waals surface area (Å²) in [5.41, 5.74) is 0.510. The van der Waals surface area contributed by atoms with Crippen LogP contribution in [0.4, 0.5) is 0 Å². The second kappa shape index (κ2) is 6.48. The molecule has 0 aliphatic carbocycles. The number of carbonyl (C=O) groups is 2. The molecule has 1 heterocycles. The van der Waals surface area contributed by atoms with Crippen LogP contribution in [0.15, 0.2) is 30.3 Å². The van der Waals surface area contributed by atoms with Gasteiger partial charge in [-0.2, -0.15) is 0 Å². The van der Waals surface area contributed by atoms with Gasteiger partial charge in [0.05, 0.1) is 7.11 Å². The largest absolute Gasteiger partial charge is 0.468 e. The van der Waals surface area contributed by atoms with E-state index in [1.165, 1.54) is 7.11 Å². The lowest BCUT2D eigenvalue weighted by molar-refractivity contribution is -0.177. The van der Waals surface area contributed by atoms with Crippen LogP contribution in [0, 0.1) is 0 Å². The first-order valence-corrected chi connectivity index (χ1v) is 7.42. The molecule has 1 aromatic carbocycles. The van der Waals surface area contributed by atoms with Crippen LogP contribution in [-0.2, 0) is 25.6 Å². The molecule has 2 atom stereocenters. The zero-order valence-corrected chi connectivity index (χ0v) is 13.5. The van der Waals surface area contributed by atoms with Gasteiger partial charge in [-0.15, -0.1) is 0 Å². The normalized spacial score (nSPS) is 21.8. The summed E-state index contributed by atoms with van der Waals surface area (Å²) in [6.45, 7) is 6.03. The van der Waals surface area contributed by atoms with Crippen molar-refractivity contribution in [1.29, 1.82) is 0 Å². The minimum Gasteiger partial charge on any atom is -0.468 e. The van der Waals surface area contributed by atoms with Gasteiger partial charge < -0.3 is 9.47 Å². The number of hydrogen-bond acceptors (Lipinski definition) is 5. The molecule has 1 aliphatic rings. The minimum absolute atomic E-state index is 0.288. The number of nitrogens with zero attached hydrogens (tertiary/aromatic N) is 1. The fourth-order valence-electron chi connectivity index (χ4n) is 2.55. The number of likely N-dealkylation sites (tertiary alicyclic amines) is 1. The van der Waals surface area contributed by atoms with Crippen LogP contribution in [0.3, 0.4) is 0 Å². The van der Waals surface area contributed by atoms with E-state index in [0.717, 1.165) is 5.56 Å². The average Bonchev–Trinajstić information content (AvgIpc) is 2.42. The summed E-state index contributed by atoms with van der Waals surface area (Å²) in [5, 5.41) is 0. The van der Waals surface area contributed by atoms with Gasteiger partial charge in [-0.1, -0.05) is 30.3 Å². The predicted molar refractivity (Wildman–Crippen MR) is 82.0 cm³/mol. The van der Waals surface area contributed by atoms with Crippen molar-refractivity contribution < 1.29 is 19.1 Å². The average molecular weight is 305 g/mol. The van der Waals surface area contributed by atoms with Crippen molar-refractivity contribution in [3.63, 3.8) is 0 Å². The van der Waals surface area contributed by atoms with Gasteiger partial charge >= 0.3 is 11.9 Å². The van der Waals surface area contributed by atoms with E-state index in [2.05, 4.69) is 0 Å². The number of hydrogen-bond donors (Lipinski definition) is 0. The molecule has 2 unspecified atom stereocenters. The molecule has 0 amide bonds. The molecule has 22 heavy (non-hydrogen) atoms. The van der Waals surface area contributed by atoms with Crippen LogP contribution in [0.5, 0.6) is 0 Å². The maximum atomic E-state index is 12.3. The second-order valence-electron chi connectivity index (χ2n) is 6.48. The lowest BCUT2D eigenvalue weighted by Crippen LogP contribution is -2.63. The van der Waals surface area contributed by atoms with Gasteiger partial charge in [-0.05, 0) is 32.8 Å². The van der Waals surface area contributed by atoms with Crippen molar-refractivity contribution in [3.8, 4) is 0 Å². The van der Waals surface area contributed by atoms with E-state index in [1.54, 1.807) is 0 Å². The standard InChI is InChI=1S/C17H23NO4/c1-17(2,3)22-16(20)14-10-13(15(19)21-4)18(14)11-12-8-6-5-7-9-12/h5-9,13-14H,10-11H2,1-4H3. The molecule has 2 rings (SSSR count). The molecule has 0 aromatic heterocycles. The first-order valence-electron chi connectivity index (χ1n) is 7.42. The van der Waals surface area contributed by atoms with Crippen molar-refractivity contribution >= 4 is 11.9 Å². The quantitative estimate of drug-likeness (QED) is 0.798. The van der Waals surface area contributed by atoms with Crippen molar-refractivity contribution in [3.05, 3.63) is 35.9 Å². The molecule has 5 heteroatoms. The highest BCUT2D eigenvalue weighted by Gasteiger charge is 2.48. The molecule has 0 bridgehead atoms. The highest BCUT2D eigenvalue weighted by molar-refractivity contribution is 5.84. The van der Waals surface area contributed by atoms with Gasteiger partial charge in [0.25, 0.3) is 0 Å². The van der Waals surface area contributed by atoms with Crippen LogP contribution in [0.1, 0.15) is 32.8 Å². The Hall–Kier alpha value is -1.88. The van der Waals surface area contributed by atoms with E-state index in [0.29, 0.717) is 13.0 Å². The van der Waals surface area contributed by atoms with Crippen LogP contribution in [-0.4, -0.2) is 41.6 Å². The first kappa shape index (κ1) is 16.5. The fraction of sp³-hybridized carbons (Fsp3) is 0.529. The number of rotatable bonds is 4. The van der Waals surface area contributed by atoms with Gasteiger partial charge in [0.1, 0.15) is 17.7 Å². The minimum atomic E-state index is -0.536. The molecule has 0 radical (unpaired) electrons. The number of ether oxygens (including phenoxy) is 2. The number of esters is 2. The molecular weight excluding hydrogens is 282 g/mol. The summed E-state index contributed by atoms with van der Waals surface area (Å²) in [5.74, 6) is -0.598. The van der Waals surface area contributed by atoms with E-state index in [4.69, 9.17) is 9.47 Å². The van der Waals surface area contributed by atoms with E-state index < -0.39 is 11.6 Å². The number of benzene rings is 1. The zero-order chi connectivity index (χ0) is 16.3. The highest BCUT2D eigenvalue weighted by Crippen LogP contribution is 2.30. The third-order valence-corrected chi connectivity index (χ3v) is 3.61. The highest BCUT2D eigenvalue weighted by atomic mass is 16.6. The Bertz CT molecular complexity index is 535. The maximum absolute atomic E-state index is 12.3. The van der Waals surface area contributed by atoms with E-state index in [1.807, 2.05) is 56.0 Å². The molecule has 1 fully saturated rings. The van der Waals surface area contributed by atoms with Crippen LogP contribution < -0.4 is 0 Å². The number of carbonyl (C=O) groups excluding carboxylic acids is 2. The van der Waals surface area contributed by atoms with Crippen molar-refractivity contribution in [2.45, 2.75) is 51.4 Å². The molecule has 5 nitrogen and oxygen atoms in total. The summed E-state index contributed by atoms with van der Waals surface area (Å²) >= 11 is 0. The molecule has 1 aromatic rings. The van der Waals surface area contributed by atoms with Gasteiger partial charge in [0, 0.05) is 6.54 Å². The Kier molecular flexibility index (Phi) is 4.86. The molecular formula is C17H23NO4. The molecule has 1 saturated heterocycles. The van der Waals surface area contributed by atoms with Crippen LogP contribution in [0.25, 0.3) is 0 Å². The van der Waals surface area contributed by atoms with E-state index in [9.17, 15) is 9.59 Å². The predicted octanol–water partition coefficient (Wildman–Crippen LogP) is 2.14. The summed E-state index contributed by atoms with van der Waals surface area (Å²) in [6.07, 6.45) is 0.439. The Morgan fingerprint density at radius 2 is 1.73 bits per heavy atom. The van der Waals surface area contributed by atoms with Gasteiger partial charge in [0.2, 0.25) is 0 Å².